The largest absolute Gasteiger partial charge is 0.375 e. The molecule has 1 aliphatic carbocycles. The first kappa shape index (κ1) is 9.47. The highest BCUT2D eigenvalue weighted by Crippen LogP contribution is 2.36. The summed E-state index contributed by atoms with van der Waals surface area (Å²) in [7, 11) is 0. The molecule has 1 unspecified atom stereocenters. The Morgan fingerprint density at radius 3 is 2.46 bits per heavy atom. The van der Waals surface area contributed by atoms with E-state index in [1.165, 1.54) is 12.8 Å². The van der Waals surface area contributed by atoms with Gasteiger partial charge in [0.05, 0.1) is 12.7 Å². The maximum atomic E-state index is 5.79. The normalized spacial score (nSPS) is 32.1. The van der Waals surface area contributed by atoms with Crippen LogP contribution in [0.1, 0.15) is 33.6 Å². The van der Waals surface area contributed by atoms with E-state index in [-0.39, 0.29) is 0 Å². The molecule has 2 heteroatoms. The summed E-state index contributed by atoms with van der Waals surface area (Å²) in [5.41, 5.74) is 0.316. The second-order valence-corrected chi connectivity index (χ2v) is 5.36. The van der Waals surface area contributed by atoms with Crippen LogP contribution in [0.5, 0.6) is 0 Å². The van der Waals surface area contributed by atoms with Crippen molar-refractivity contribution in [2.45, 2.75) is 45.3 Å². The van der Waals surface area contributed by atoms with Gasteiger partial charge >= 0.3 is 0 Å². The van der Waals surface area contributed by atoms with Gasteiger partial charge in [-0.25, -0.2) is 0 Å². The first-order chi connectivity index (χ1) is 6.07. The molecule has 2 rings (SSSR count). The molecule has 13 heavy (non-hydrogen) atoms. The Morgan fingerprint density at radius 2 is 1.92 bits per heavy atom. The van der Waals surface area contributed by atoms with E-state index < -0.39 is 0 Å². The average molecular weight is 183 g/mol. The lowest BCUT2D eigenvalue weighted by Crippen LogP contribution is -2.51. The highest BCUT2D eigenvalue weighted by Gasteiger charge is 2.37. The Bertz CT molecular complexity index is 181. The van der Waals surface area contributed by atoms with Gasteiger partial charge in [0, 0.05) is 18.6 Å². The molecule has 0 amide bonds. The number of rotatable bonds is 1. The van der Waals surface area contributed by atoms with E-state index in [9.17, 15) is 0 Å². The van der Waals surface area contributed by atoms with Gasteiger partial charge in [-0.15, -0.1) is 0 Å². The van der Waals surface area contributed by atoms with Crippen LogP contribution in [-0.4, -0.2) is 36.2 Å². The highest BCUT2D eigenvalue weighted by molar-refractivity contribution is 4.89. The maximum Gasteiger partial charge on any atom is 0.0730 e. The zero-order valence-electron chi connectivity index (χ0n) is 9.05. The van der Waals surface area contributed by atoms with Crippen LogP contribution in [0.4, 0.5) is 0 Å². The van der Waals surface area contributed by atoms with Crippen molar-refractivity contribution in [3.05, 3.63) is 0 Å². The summed E-state index contributed by atoms with van der Waals surface area (Å²) < 4.78 is 5.79. The summed E-state index contributed by atoms with van der Waals surface area (Å²) in [6.45, 7) is 10.1. The maximum absolute atomic E-state index is 5.79. The molecule has 2 aliphatic rings. The third-order valence-electron chi connectivity index (χ3n) is 3.19. The molecule has 1 aliphatic heterocycles. The lowest BCUT2D eigenvalue weighted by molar-refractivity contribution is -0.0667. The minimum absolute atomic E-state index is 0.316. The van der Waals surface area contributed by atoms with Crippen molar-refractivity contribution in [3.8, 4) is 0 Å². The predicted molar refractivity (Wildman–Crippen MR) is 53.8 cm³/mol. The average Bonchev–Trinajstić information content (AvgIpc) is 2.85. The van der Waals surface area contributed by atoms with Crippen molar-refractivity contribution in [1.29, 1.82) is 0 Å². The van der Waals surface area contributed by atoms with Gasteiger partial charge in [0.1, 0.15) is 0 Å². The van der Waals surface area contributed by atoms with E-state index in [0.29, 0.717) is 11.6 Å². The van der Waals surface area contributed by atoms with E-state index in [4.69, 9.17) is 4.74 Å². The molecular weight excluding hydrogens is 162 g/mol. The molecule has 1 saturated carbocycles. The van der Waals surface area contributed by atoms with E-state index >= 15 is 0 Å². The van der Waals surface area contributed by atoms with E-state index in [0.717, 1.165) is 25.6 Å². The summed E-state index contributed by atoms with van der Waals surface area (Å²) in [6, 6.07) is 0. The fourth-order valence-electron chi connectivity index (χ4n) is 2.04. The highest BCUT2D eigenvalue weighted by atomic mass is 16.5. The van der Waals surface area contributed by atoms with Crippen LogP contribution in [-0.2, 0) is 4.74 Å². The summed E-state index contributed by atoms with van der Waals surface area (Å²) in [5.74, 6) is 0.880. The standard InChI is InChI=1S/C11H21NO/c1-11(2,3)12-6-7-13-10(8-12)9-4-5-9/h9-10H,4-8H2,1-3H3. The molecule has 1 heterocycles. The van der Waals surface area contributed by atoms with Crippen LogP contribution >= 0.6 is 0 Å². The summed E-state index contributed by atoms with van der Waals surface area (Å²) in [5, 5.41) is 0. The van der Waals surface area contributed by atoms with Gasteiger partial charge in [-0.1, -0.05) is 0 Å². The predicted octanol–water partition coefficient (Wildman–Crippen LogP) is 1.90. The lowest BCUT2D eigenvalue weighted by atomic mass is 10.0. The summed E-state index contributed by atoms with van der Waals surface area (Å²) in [6.07, 6.45) is 3.32. The first-order valence-electron chi connectivity index (χ1n) is 5.44. The topological polar surface area (TPSA) is 12.5 Å². The third kappa shape index (κ3) is 2.23. The molecule has 1 atom stereocenters. The fourth-order valence-corrected chi connectivity index (χ4v) is 2.04. The quantitative estimate of drug-likeness (QED) is 0.615. The third-order valence-corrected chi connectivity index (χ3v) is 3.19. The second kappa shape index (κ2) is 3.25. The SMILES string of the molecule is CC(C)(C)N1CCOC(C2CC2)C1. The van der Waals surface area contributed by atoms with Crippen molar-refractivity contribution in [3.63, 3.8) is 0 Å². The van der Waals surface area contributed by atoms with Crippen molar-refractivity contribution < 1.29 is 4.74 Å². The minimum Gasteiger partial charge on any atom is -0.375 e. The van der Waals surface area contributed by atoms with Crippen LogP contribution in [0.3, 0.4) is 0 Å². The van der Waals surface area contributed by atoms with Crippen LogP contribution in [0.2, 0.25) is 0 Å². The first-order valence-corrected chi connectivity index (χ1v) is 5.44. The van der Waals surface area contributed by atoms with Crippen molar-refractivity contribution in [2.24, 2.45) is 5.92 Å². The van der Waals surface area contributed by atoms with Crippen molar-refractivity contribution >= 4 is 0 Å². The van der Waals surface area contributed by atoms with E-state index in [2.05, 4.69) is 25.7 Å². The molecule has 0 aromatic carbocycles. The number of ether oxygens (including phenoxy) is 1. The Labute approximate surface area is 81.3 Å². The molecule has 0 N–H and O–H groups in total. The second-order valence-electron chi connectivity index (χ2n) is 5.36. The fraction of sp³-hybridized carbons (Fsp3) is 1.00. The van der Waals surface area contributed by atoms with Gasteiger partial charge in [0.25, 0.3) is 0 Å². The van der Waals surface area contributed by atoms with Gasteiger partial charge < -0.3 is 4.74 Å². The lowest BCUT2D eigenvalue weighted by Gasteiger charge is -2.41. The van der Waals surface area contributed by atoms with Gasteiger partial charge in [0.2, 0.25) is 0 Å². The molecular formula is C11H21NO. The van der Waals surface area contributed by atoms with Crippen LogP contribution in [0, 0.1) is 5.92 Å². The molecule has 0 aromatic heterocycles. The number of nitrogens with zero attached hydrogens (tertiary/aromatic N) is 1. The molecule has 1 saturated heterocycles. The Morgan fingerprint density at radius 1 is 1.23 bits per heavy atom. The zero-order chi connectivity index (χ0) is 9.47. The Balaban J connectivity index is 1.91. The van der Waals surface area contributed by atoms with Crippen LogP contribution in [0.15, 0.2) is 0 Å². The Hall–Kier alpha value is -0.0800. The van der Waals surface area contributed by atoms with Gasteiger partial charge in [0.15, 0.2) is 0 Å². The van der Waals surface area contributed by atoms with Crippen LogP contribution in [0.25, 0.3) is 0 Å². The summed E-state index contributed by atoms with van der Waals surface area (Å²) >= 11 is 0. The number of hydrogen-bond donors (Lipinski definition) is 0. The molecule has 0 bridgehead atoms. The molecule has 0 spiro atoms. The monoisotopic (exact) mass is 183 g/mol. The molecule has 0 radical (unpaired) electrons. The smallest absolute Gasteiger partial charge is 0.0730 e. The minimum atomic E-state index is 0.316. The Kier molecular flexibility index (Phi) is 2.37. The van der Waals surface area contributed by atoms with E-state index in [1.807, 2.05) is 0 Å². The number of hydrogen-bond acceptors (Lipinski definition) is 2. The molecule has 2 nitrogen and oxygen atoms in total. The van der Waals surface area contributed by atoms with Crippen LogP contribution < -0.4 is 0 Å². The summed E-state index contributed by atoms with van der Waals surface area (Å²) in [4.78, 5) is 2.56. The molecule has 0 aromatic rings. The van der Waals surface area contributed by atoms with Crippen molar-refractivity contribution in [1.82, 2.24) is 4.90 Å². The van der Waals surface area contributed by atoms with Crippen molar-refractivity contribution in [2.75, 3.05) is 19.7 Å². The number of morpholine rings is 1. The molecule has 76 valence electrons. The van der Waals surface area contributed by atoms with Gasteiger partial charge in [-0.05, 0) is 39.5 Å². The van der Waals surface area contributed by atoms with E-state index in [1.54, 1.807) is 0 Å². The molecule has 2 fully saturated rings. The van der Waals surface area contributed by atoms with Gasteiger partial charge in [-0.3, -0.25) is 4.90 Å². The zero-order valence-corrected chi connectivity index (χ0v) is 9.05. The van der Waals surface area contributed by atoms with Gasteiger partial charge in [-0.2, -0.15) is 0 Å².